The van der Waals surface area contributed by atoms with Gasteiger partial charge >= 0.3 is 0 Å². The van der Waals surface area contributed by atoms with E-state index in [1.807, 2.05) is 12.1 Å². The van der Waals surface area contributed by atoms with E-state index in [9.17, 15) is 8.42 Å². The van der Waals surface area contributed by atoms with Crippen LogP contribution in [0.1, 0.15) is 0 Å². The molecule has 36 heavy (non-hydrogen) atoms. The number of fused-ring (bicyclic) bond motifs is 1. The van der Waals surface area contributed by atoms with Gasteiger partial charge in [-0.2, -0.15) is 4.98 Å². The molecule has 2 N–H and O–H groups in total. The topological polar surface area (TPSA) is 117 Å². The summed E-state index contributed by atoms with van der Waals surface area (Å²) in [6.45, 7) is 3.94. The van der Waals surface area contributed by atoms with E-state index < -0.39 is 10.0 Å². The van der Waals surface area contributed by atoms with Crippen LogP contribution in [0.4, 0.5) is 23.0 Å². The molecule has 0 bridgehead atoms. The maximum absolute atomic E-state index is 11.5. The number of nitrogens with zero attached hydrogens (tertiary/aromatic N) is 6. The zero-order valence-electron chi connectivity index (χ0n) is 20.3. The SMILES string of the molecule is COc1cc(Nc2nc3cncc(-c4ccc(NS(C)(=O)=O)cc4)n3n2)ccc1N1CCN(C)CC1. The molecule has 2 aromatic heterocycles. The van der Waals surface area contributed by atoms with Crippen LogP contribution in [0.25, 0.3) is 16.9 Å². The second-order valence-corrected chi connectivity index (χ2v) is 10.5. The number of ether oxygens (including phenoxy) is 1. The van der Waals surface area contributed by atoms with Gasteiger partial charge in [0.25, 0.3) is 0 Å². The quantitative estimate of drug-likeness (QED) is 0.389. The van der Waals surface area contributed by atoms with Gasteiger partial charge in [-0.15, -0.1) is 5.10 Å². The lowest BCUT2D eigenvalue weighted by atomic mass is 10.1. The maximum atomic E-state index is 11.5. The van der Waals surface area contributed by atoms with Crippen LogP contribution in [0, 0.1) is 0 Å². The van der Waals surface area contributed by atoms with Gasteiger partial charge in [-0.25, -0.2) is 12.9 Å². The van der Waals surface area contributed by atoms with E-state index in [1.54, 1.807) is 48.3 Å². The summed E-state index contributed by atoms with van der Waals surface area (Å²) >= 11 is 0. The van der Waals surface area contributed by atoms with Crippen LogP contribution in [0.2, 0.25) is 0 Å². The van der Waals surface area contributed by atoms with Crippen molar-refractivity contribution in [1.82, 2.24) is 24.5 Å². The predicted octanol–water partition coefficient (Wildman–Crippen LogP) is 2.67. The van der Waals surface area contributed by atoms with E-state index >= 15 is 0 Å². The van der Waals surface area contributed by atoms with Gasteiger partial charge in [0.05, 0.1) is 37.1 Å². The number of hydrogen-bond donors (Lipinski definition) is 2. The van der Waals surface area contributed by atoms with E-state index in [1.165, 1.54) is 0 Å². The van der Waals surface area contributed by atoms with Crippen molar-refractivity contribution in [1.29, 1.82) is 0 Å². The molecule has 0 aliphatic carbocycles. The Bertz CT molecular complexity index is 1480. The molecule has 1 fully saturated rings. The molecule has 0 atom stereocenters. The fourth-order valence-corrected chi connectivity index (χ4v) is 4.74. The van der Waals surface area contributed by atoms with Crippen LogP contribution in [0.5, 0.6) is 5.75 Å². The van der Waals surface area contributed by atoms with Crippen LogP contribution >= 0.6 is 0 Å². The van der Waals surface area contributed by atoms with Crippen molar-refractivity contribution in [2.24, 2.45) is 0 Å². The van der Waals surface area contributed by atoms with Gasteiger partial charge in [0.1, 0.15) is 5.75 Å². The number of anilines is 4. The molecular weight excluding hydrogens is 480 g/mol. The second-order valence-electron chi connectivity index (χ2n) is 8.75. The number of benzene rings is 2. The molecule has 0 saturated carbocycles. The highest BCUT2D eigenvalue weighted by Gasteiger charge is 2.18. The number of nitrogens with one attached hydrogen (secondary N) is 2. The Kier molecular flexibility index (Phi) is 6.37. The smallest absolute Gasteiger partial charge is 0.247 e. The van der Waals surface area contributed by atoms with Crippen molar-refractivity contribution < 1.29 is 13.2 Å². The minimum absolute atomic E-state index is 0.425. The standard InChI is InChI=1S/C24H28N8O3S/c1-30-10-12-31(13-11-30)20-9-8-19(14-22(20)35-2)26-24-27-23-16-25-15-21(32(23)28-24)17-4-6-18(7-5-17)29-36(3,33)34/h4-9,14-16,29H,10-13H2,1-3H3,(H,26,28). The van der Waals surface area contributed by atoms with Crippen LogP contribution in [0.15, 0.2) is 54.9 Å². The largest absolute Gasteiger partial charge is 0.495 e. The fraction of sp³-hybridized carbons (Fsp3) is 0.292. The first-order valence-corrected chi connectivity index (χ1v) is 13.4. The van der Waals surface area contributed by atoms with Crippen molar-refractivity contribution in [3.05, 3.63) is 54.9 Å². The minimum atomic E-state index is -3.34. The zero-order chi connectivity index (χ0) is 25.3. The maximum Gasteiger partial charge on any atom is 0.247 e. The van der Waals surface area contributed by atoms with Crippen LogP contribution in [-0.4, -0.2) is 79.5 Å². The van der Waals surface area contributed by atoms with E-state index in [0.717, 1.165) is 60.8 Å². The average Bonchev–Trinajstić information content (AvgIpc) is 3.27. The van der Waals surface area contributed by atoms with E-state index in [-0.39, 0.29) is 0 Å². The number of aromatic nitrogens is 4. The lowest BCUT2D eigenvalue weighted by molar-refractivity contribution is 0.311. The normalized spacial score (nSPS) is 14.7. The summed E-state index contributed by atoms with van der Waals surface area (Å²) in [4.78, 5) is 13.5. The molecule has 0 radical (unpaired) electrons. The highest BCUT2D eigenvalue weighted by atomic mass is 32.2. The van der Waals surface area contributed by atoms with Crippen molar-refractivity contribution in [3.8, 4) is 17.0 Å². The number of rotatable bonds is 7. The molecule has 0 spiro atoms. The molecule has 0 unspecified atom stereocenters. The summed E-state index contributed by atoms with van der Waals surface area (Å²) in [7, 11) is 0.468. The van der Waals surface area contributed by atoms with Crippen LogP contribution < -0.4 is 19.7 Å². The van der Waals surface area contributed by atoms with Crippen LogP contribution in [-0.2, 0) is 10.0 Å². The Balaban J connectivity index is 1.39. The number of likely N-dealkylation sites (N-methyl/N-ethyl adjacent to an activating group) is 1. The van der Waals surface area contributed by atoms with Crippen molar-refractivity contribution in [3.63, 3.8) is 0 Å². The zero-order valence-corrected chi connectivity index (χ0v) is 21.2. The summed E-state index contributed by atoms with van der Waals surface area (Å²) < 4.78 is 32.8. The lowest BCUT2D eigenvalue weighted by Crippen LogP contribution is -2.44. The summed E-state index contributed by atoms with van der Waals surface area (Å²) in [5.41, 5.74) is 4.49. The molecule has 1 saturated heterocycles. The van der Waals surface area contributed by atoms with Crippen molar-refractivity contribution >= 4 is 38.7 Å². The van der Waals surface area contributed by atoms with Gasteiger partial charge < -0.3 is 19.9 Å². The molecule has 3 heterocycles. The number of sulfonamides is 1. The molecule has 188 valence electrons. The van der Waals surface area contributed by atoms with Gasteiger partial charge in [-0.05, 0) is 31.3 Å². The third-order valence-electron chi connectivity index (χ3n) is 6.01. The summed E-state index contributed by atoms with van der Waals surface area (Å²) in [6.07, 6.45) is 4.45. The second kappa shape index (κ2) is 9.63. The first kappa shape index (κ1) is 23.8. The van der Waals surface area contributed by atoms with Gasteiger partial charge in [0, 0.05) is 49.2 Å². The third-order valence-corrected chi connectivity index (χ3v) is 6.62. The van der Waals surface area contributed by atoms with Gasteiger partial charge in [-0.1, -0.05) is 12.1 Å². The lowest BCUT2D eigenvalue weighted by Gasteiger charge is -2.34. The van der Waals surface area contributed by atoms with Gasteiger partial charge in [-0.3, -0.25) is 9.71 Å². The Hall–Kier alpha value is -3.90. The molecule has 1 aliphatic heterocycles. The Morgan fingerprint density at radius 1 is 0.972 bits per heavy atom. The highest BCUT2D eigenvalue weighted by Crippen LogP contribution is 2.33. The molecule has 11 nitrogen and oxygen atoms in total. The van der Waals surface area contributed by atoms with Gasteiger partial charge in [0.2, 0.25) is 16.0 Å². The average molecular weight is 509 g/mol. The molecular formula is C24H28N8O3S. The molecule has 2 aromatic carbocycles. The van der Waals surface area contributed by atoms with Crippen LogP contribution in [0.3, 0.4) is 0 Å². The molecule has 5 rings (SSSR count). The monoisotopic (exact) mass is 508 g/mol. The summed E-state index contributed by atoms with van der Waals surface area (Å²) in [5.74, 6) is 1.22. The summed E-state index contributed by atoms with van der Waals surface area (Å²) in [6, 6.07) is 13.0. The van der Waals surface area contributed by atoms with E-state index in [0.29, 0.717) is 17.3 Å². The van der Waals surface area contributed by atoms with Crippen molar-refractivity contribution in [2.45, 2.75) is 0 Å². The molecule has 0 amide bonds. The molecule has 12 heteroatoms. The number of hydrogen-bond acceptors (Lipinski definition) is 9. The van der Waals surface area contributed by atoms with Crippen molar-refractivity contribution in [2.75, 3.05) is 61.5 Å². The Morgan fingerprint density at radius 3 is 2.39 bits per heavy atom. The molecule has 1 aliphatic rings. The fourth-order valence-electron chi connectivity index (χ4n) is 4.18. The number of methoxy groups -OCH3 is 1. The predicted molar refractivity (Wildman–Crippen MR) is 141 cm³/mol. The minimum Gasteiger partial charge on any atom is -0.495 e. The number of piperazine rings is 1. The summed E-state index contributed by atoms with van der Waals surface area (Å²) in [5, 5.41) is 7.89. The Labute approximate surface area is 209 Å². The first-order valence-electron chi connectivity index (χ1n) is 11.5. The highest BCUT2D eigenvalue weighted by molar-refractivity contribution is 7.92. The van der Waals surface area contributed by atoms with E-state index in [4.69, 9.17) is 4.74 Å². The first-order chi connectivity index (χ1) is 17.3. The molecule has 4 aromatic rings. The Morgan fingerprint density at radius 2 is 1.69 bits per heavy atom. The third kappa shape index (κ3) is 5.19. The van der Waals surface area contributed by atoms with E-state index in [2.05, 4.69) is 48.0 Å². The van der Waals surface area contributed by atoms with Gasteiger partial charge in [0.15, 0.2) is 5.65 Å².